The quantitative estimate of drug-likeness (QED) is 0.847. The van der Waals surface area contributed by atoms with Gasteiger partial charge in [0, 0.05) is 18.8 Å². The molecule has 1 aliphatic rings. The Kier molecular flexibility index (Phi) is 3.65. The maximum atomic E-state index is 9.55. The summed E-state index contributed by atoms with van der Waals surface area (Å²) in [6.07, 6.45) is 1.88. The molecule has 1 unspecified atom stereocenters. The number of nitriles is 1. The highest BCUT2D eigenvalue weighted by molar-refractivity contribution is 5.49. The third-order valence-corrected chi connectivity index (χ3v) is 3.58. The Balaban J connectivity index is 1.98. The van der Waals surface area contributed by atoms with E-state index >= 15 is 0 Å². The highest BCUT2D eigenvalue weighted by atomic mass is 16.3. The van der Waals surface area contributed by atoms with Crippen LogP contribution in [0, 0.1) is 17.2 Å². The van der Waals surface area contributed by atoms with Crippen LogP contribution in [0.3, 0.4) is 0 Å². The van der Waals surface area contributed by atoms with Crippen molar-refractivity contribution in [1.82, 2.24) is 0 Å². The van der Waals surface area contributed by atoms with E-state index in [1.54, 1.807) is 0 Å². The third kappa shape index (κ3) is 2.78. The fraction of sp³-hybridized carbons (Fsp3) is 0.500. The number of rotatable bonds is 2. The fourth-order valence-electron chi connectivity index (χ4n) is 2.39. The lowest BCUT2D eigenvalue weighted by Gasteiger charge is -2.34. The van der Waals surface area contributed by atoms with Crippen LogP contribution in [0.1, 0.15) is 25.3 Å². The van der Waals surface area contributed by atoms with E-state index in [0.29, 0.717) is 11.5 Å². The van der Waals surface area contributed by atoms with Crippen molar-refractivity contribution >= 4 is 5.69 Å². The number of anilines is 1. The zero-order chi connectivity index (χ0) is 12.3. The van der Waals surface area contributed by atoms with Crippen molar-refractivity contribution in [3.63, 3.8) is 0 Å². The highest BCUT2D eigenvalue weighted by Gasteiger charge is 2.22. The van der Waals surface area contributed by atoms with Gasteiger partial charge in [0.05, 0.1) is 17.7 Å². The molecule has 1 aliphatic heterocycles. The summed E-state index contributed by atoms with van der Waals surface area (Å²) in [5.41, 5.74) is 1.88. The highest BCUT2D eigenvalue weighted by Crippen LogP contribution is 2.25. The van der Waals surface area contributed by atoms with E-state index in [2.05, 4.69) is 11.0 Å². The van der Waals surface area contributed by atoms with Gasteiger partial charge >= 0.3 is 0 Å². The first kappa shape index (κ1) is 11.9. The van der Waals surface area contributed by atoms with Crippen LogP contribution >= 0.6 is 0 Å². The van der Waals surface area contributed by atoms with Crippen molar-refractivity contribution < 1.29 is 5.11 Å². The van der Waals surface area contributed by atoms with Crippen LogP contribution in [0.25, 0.3) is 0 Å². The molecule has 3 heteroatoms. The minimum absolute atomic E-state index is 0.196. The van der Waals surface area contributed by atoms with E-state index in [4.69, 9.17) is 5.26 Å². The Hall–Kier alpha value is -1.53. The number of hydrogen-bond donors (Lipinski definition) is 1. The number of aliphatic hydroxyl groups excluding tert-OH is 1. The average molecular weight is 230 g/mol. The van der Waals surface area contributed by atoms with Crippen LogP contribution in [0.4, 0.5) is 5.69 Å². The van der Waals surface area contributed by atoms with E-state index in [0.717, 1.165) is 25.9 Å². The van der Waals surface area contributed by atoms with Crippen molar-refractivity contribution in [1.29, 1.82) is 5.26 Å². The van der Waals surface area contributed by atoms with E-state index < -0.39 is 0 Å². The maximum Gasteiger partial charge on any atom is 0.0991 e. The third-order valence-electron chi connectivity index (χ3n) is 3.58. The smallest absolute Gasteiger partial charge is 0.0991 e. The lowest BCUT2D eigenvalue weighted by molar-refractivity contribution is 0.110. The van der Waals surface area contributed by atoms with E-state index in [1.165, 1.54) is 5.69 Å². The fourth-order valence-corrected chi connectivity index (χ4v) is 2.39. The molecule has 0 spiro atoms. The predicted molar refractivity (Wildman–Crippen MR) is 67.8 cm³/mol. The average Bonchev–Trinajstić information content (AvgIpc) is 2.39. The molecule has 0 bridgehead atoms. The van der Waals surface area contributed by atoms with Gasteiger partial charge < -0.3 is 10.0 Å². The van der Waals surface area contributed by atoms with Gasteiger partial charge in [0.2, 0.25) is 0 Å². The Morgan fingerprint density at radius 1 is 1.29 bits per heavy atom. The molecular formula is C14H18N2O. The normalized spacial score (nSPS) is 18.8. The van der Waals surface area contributed by atoms with Crippen molar-refractivity contribution in [2.45, 2.75) is 25.9 Å². The number of nitrogens with zero attached hydrogens (tertiary/aromatic N) is 2. The number of aliphatic hydroxyl groups is 1. The van der Waals surface area contributed by atoms with E-state index in [-0.39, 0.29) is 6.10 Å². The Morgan fingerprint density at radius 2 is 1.88 bits per heavy atom. The molecule has 1 atom stereocenters. The van der Waals surface area contributed by atoms with Gasteiger partial charge in [-0.05, 0) is 49.9 Å². The van der Waals surface area contributed by atoms with Crippen LogP contribution in [0.15, 0.2) is 24.3 Å². The van der Waals surface area contributed by atoms with Crippen molar-refractivity contribution in [3.8, 4) is 6.07 Å². The predicted octanol–water partition coefficient (Wildman–Crippen LogP) is 2.16. The molecule has 1 N–H and O–H groups in total. The summed E-state index contributed by atoms with van der Waals surface area (Å²) < 4.78 is 0. The van der Waals surface area contributed by atoms with Crippen LogP contribution < -0.4 is 4.90 Å². The van der Waals surface area contributed by atoms with Gasteiger partial charge in [0.25, 0.3) is 0 Å². The van der Waals surface area contributed by atoms with Gasteiger partial charge in [-0.15, -0.1) is 0 Å². The largest absolute Gasteiger partial charge is 0.393 e. The topological polar surface area (TPSA) is 47.3 Å². The van der Waals surface area contributed by atoms with Crippen LogP contribution in [0.2, 0.25) is 0 Å². The Labute approximate surface area is 102 Å². The molecule has 0 saturated carbocycles. The lowest BCUT2D eigenvalue weighted by Crippen LogP contribution is -2.36. The molecule has 1 saturated heterocycles. The zero-order valence-corrected chi connectivity index (χ0v) is 10.1. The second-order valence-electron chi connectivity index (χ2n) is 4.72. The van der Waals surface area contributed by atoms with Gasteiger partial charge in [-0.1, -0.05) is 0 Å². The summed E-state index contributed by atoms with van der Waals surface area (Å²) in [7, 11) is 0. The van der Waals surface area contributed by atoms with E-state index in [1.807, 2.05) is 31.2 Å². The maximum absolute atomic E-state index is 9.55. The van der Waals surface area contributed by atoms with Gasteiger partial charge in [-0.25, -0.2) is 0 Å². The minimum atomic E-state index is -0.196. The molecule has 90 valence electrons. The molecule has 0 aliphatic carbocycles. The molecule has 17 heavy (non-hydrogen) atoms. The number of piperidine rings is 1. The first-order valence-corrected chi connectivity index (χ1v) is 6.14. The first-order valence-electron chi connectivity index (χ1n) is 6.14. The van der Waals surface area contributed by atoms with Crippen molar-refractivity contribution in [3.05, 3.63) is 29.8 Å². The van der Waals surface area contributed by atoms with E-state index in [9.17, 15) is 5.11 Å². The summed E-state index contributed by atoms with van der Waals surface area (Å²) in [4.78, 5) is 2.32. The van der Waals surface area contributed by atoms with Crippen molar-refractivity contribution in [2.75, 3.05) is 18.0 Å². The zero-order valence-electron chi connectivity index (χ0n) is 10.1. The van der Waals surface area contributed by atoms with Gasteiger partial charge in [-0.3, -0.25) is 0 Å². The molecule has 1 aromatic rings. The SMILES string of the molecule is CC(O)C1CCN(c2ccc(C#N)cc2)CC1. The standard InChI is InChI=1S/C14H18N2O/c1-11(17)13-6-8-16(9-7-13)14-4-2-12(10-15)3-5-14/h2-5,11,13,17H,6-9H2,1H3. The lowest BCUT2D eigenvalue weighted by atomic mass is 9.92. The molecule has 3 nitrogen and oxygen atoms in total. The molecule has 0 aromatic heterocycles. The summed E-state index contributed by atoms with van der Waals surface area (Å²) in [6, 6.07) is 9.84. The number of benzene rings is 1. The molecule has 0 amide bonds. The van der Waals surface area contributed by atoms with Gasteiger partial charge in [0.1, 0.15) is 0 Å². The number of hydrogen-bond acceptors (Lipinski definition) is 3. The molecule has 2 rings (SSSR count). The molecular weight excluding hydrogens is 212 g/mol. The summed E-state index contributed by atoms with van der Waals surface area (Å²) in [6.45, 7) is 3.85. The summed E-state index contributed by atoms with van der Waals surface area (Å²) in [5.74, 6) is 0.435. The molecule has 0 radical (unpaired) electrons. The summed E-state index contributed by atoms with van der Waals surface area (Å²) >= 11 is 0. The van der Waals surface area contributed by atoms with Crippen molar-refractivity contribution in [2.24, 2.45) is 5.92 Å². The Bertz CT molecular complexity index is 397. The second-order valence-corrected chi connectivity index (χ2v) is 4.72. The monoisotopic (exact) mass is 230 g/mol. The van der Waals surface area contributed by atoms with Gasteiger partial charge in [-0.2, -0.15) is 5.26 Å². The first-order chi connectivity index (χ1) is 8.20. The Morgan fingerprint density at radius 3 is 2.35 bits per heavy atom. The van der Waals surface area contributed by atoms with Crippen LogP contribution in [0.5, 0.6) is 0 Å². The molecule has 1 aromatic carbocycles. The molecule has 1 fully saturated rings. The van der Waals surface area contributed by atoms with Crippen LogP contribution in [-0.4, -0.2) is 24.3 Å². The summed E-state index contributed by atoms with van der Waals surface area (Å²) in [5, 5.41) is 18.3. The minimum Gasteiger partial charge on any atom is -0.393 e. The van der Waals surface area contributed by atoms with Gasteiger partial charge in [0.15, 0.2) is 0 Å². The van der Waals surface area contributed by atoms with Crippen LogP contribution in [-0.2, 0) is 0 Å². The second kappa shape index (κ2) is 5.20. The molecule has 1 heterocycles.